The molecule has 1 aliphatic rings. The van der Waals surface area contributed by atoms with E-state index < -0.39 is 15.9 Å². The van der Waals surface area contributed by atoms with Crippen LogP contribution in [0.1, 0.15) is 43.0 Å². The number of carbonyl (C=O) groups excluding carboxylic acids is 1. The van der Waals surface area contributed by atoms with Crippen LogP contribution >= 0.6 is 0 Å². The van der Waals surface area contributed by atoms with Crippen LogP contribution < -0.4 is 10.5 Å². The Labute approximate surface area is 118 Å². The van der Waals surface area contributed by atoms with Gasteiger partial charge in [-0.2, -0.15) is 0 Å². The molecule has 0 aromatic carbocycles. The molecular weight excluding hydrogens is 280 g/mol. The molecule has 3 N–H and O–H groups in total. The average Bonchev–Trinajstić information content (AvgIpc) is 3.01. The van der Waals surface area contributed by atoms with E-state index in [1.165, 1.54) is 13.0 Å². The third kappa shape index (κ3) is 2.88. The lowest BCUT2D eigenvalue weighted by Crippen LogP contribution is -2.32. The maximum Gasteiger partial charge on any atom is 0.287 e. The van der Waals surface area contributed by atoms with Crippen LogP contribution in [0.5, 0.6) is 0 Å². The van der Waals surface area contributed by atoms with Gasteiger partial charge in [0.2, 0.25) is 10.0 Å². The van der Waals surface area contributed by atoms with Gasteiger partial charge in [0.15, 0.2) is 5.76 Å². The number of hydrogen-bond acceptors (Lipinski definition) is 4. The van der Waals surface area contributed by atoms with E-state index in [1.807, 2.05) is 0 Å². The van der Waals surface area contributed by atoms with E-state index in [4.69, 9.17) is 9.56 Å². The minimum Gasteiger partial charge on any atom is -0.455 e. The van der Waals surface area contributed by atoms with Crippen molar-refractivity contribution in [3.05, 3.63) is 17.6 Å². The van der Waals surface area contributed by atoms with Gasteiger partial charge in [-0.3, -0.25) is 4.79 Å². The number of aryl methyl sites for hydroxylation is 1. The number of furan rings is 1. The van der Waals surface area contributed by atoms with E-state index in [9.17, 15) is 13.2 Å². The largest absolute Gasteiger partial charge is 0.455 e. The Balaban J connectivity index is 2.07. The molecular formula is C13H20N2O4S. The molecule has 2 rings (SSSR count). The van der Waals surface area contributed by atoms with Gasteiger partial charge in [0.25, 0.3) is 5.91 Å². The number of sulfonamides is 1. The fourth-order valence-corrected chi connectivity index (χ4v) is 3.04. The van der Waals surface area contributed by atoms with Crippen molar-refractivity contribution in [2.75, 3.05) is 6.54 Å². The zero-order valence-corrected chi connectivity index (χ0v) is 12.7. The zero-order chi connectivity index (χ0) is 15.1. The molecule has 1 saturated carbocycles. The van der Waals surface area contributed by atoms with Crippen molar-refractivity contribution in [2.45, 2.75) is 38.5 Å². The molecule has 1 fully saturated rings. The highest BCUT2D eigenvalue weighted by molar-refractivity contribution is 7.89. The van der Waals surface area contributed by atoms with Crippen molar-refractivity contribution in [3.63, 3.8) is 0 Å². The summed E-state index contributed by atoms with van der Waals surface area (Å²) in [5.41, 5.74) is 0.181. The van der Waals surface area contributed by atoms with Crippen LogP contribution in [0.4, 0.5) is 0 Å². The normalized spacial score (nSPS) is 17.2. The maximum absolute atomic E-state index is 12.0. The molecule has 20 heavy (non-hydrogen) atoms. The maximum atomic E-state index is 12.0. The first-order valence-electron chi connectivity index (χ1n) is 6.57. The predicted molar refractivity (Wildman–Crippen MR) is 73.7 cm³/mol. The number of primary sulfonamides is 1. The number of nitrogens with two attached hydrogens (primary N) is 1. The summed E-state index contributed by atoms with van der Waals surface area (Å²) in [7, 11) is -3.86. The Bertz CT molecular complexity index is 627. The SMILES string of the molecule is Cc1oc(C(=O)NCC2(C(C)C)CC2)cc1S(N)(=O)=O. The molecule has 0 unspecified atom stereocenters. The first-order chi connectivity index (χ1) is 9.16. The molecule has 0 aliphatic heterocycles. The predicted octanol–water partition coefficient (Wildman–Crippen LogP) is 1.40. The minimum atomic E-state index is -3.86. The summed E-state index contributed by atoms with van der Waals surface area (Å²) in [6.07, 6.45) is 2.20. The van der Waals surface area contributed by atoms with Crippen LogP contribution in [-0.4, -0.2) is 20.9 Å². The second-order valence-electron chi connectivity index (χ2n) is 5.78. The Morgan fingerprint density at radius 3 is 2.50 bits per heavy atom. The Morgan fingerprint density at radius 2 is 2.10 bits per heavy atom. The van der Waals surface area contributed by atoms with Crippen molar-refractivity contribution < 1.29 is 17.6 Å². The monoisotopic (exact) mass is 300 g/mol. The highest BCUT2D eigenvalue weighted by Crippen LogP contribution is 2.51. The van der Waals surface area contributed by atoms with E-state index >= 15 is 0 Å². The average molecular weight is 300 g/mol. The number of carbonyl (C=O) groups is 1. The Morgan fingerprint density at radius 1 is 1.50 bits per heavy atom. The van der Waals surface area contributed by atoms with E-state index in [0.29, 0.717) is 12.5 Å². The molecule has 1 aliphatic carbocycles. The topological polar surface area (TPSA) is 102 Å². The van der Waals surface area contributed by atoms with Gasteiger partial charge in [-0.05, 0) is 31.1 Å². The zero-order valence-electron chi connectivity index (χ0n) is 11.9. The lowest BCUT2D eigenvalue weighted by Gasteiger charge is -2.19. The Hall–Kier alpha value is -1.34. The van der Waals surface area contributed by atoms with Crippen LogP contribution in [0.15, 0.2) is 15.4 Å². The fraction of sp³-hybridized carbons (Fsp3) is 0.615. The van der Waals surface area contributed by atoms with Gasteiger partial charge in [-0.15, -0.1) is 0 Å². The first-order valence-corrected chi connectivity index (χ1v) is 8.12. The standard InChI is InChI=1S/C13H20N2O4S/c1-8(2)13(4-5-13)7-15-12(16)10-6-11(9(3)19-10)20(14,17)18/h6,8H,4-5,7H2,1-3H3,(H,15,16)(H2,14,17,18). The van der Waals surface area contributed by atoms with Crippen molar-refractivity contribution in [3.8, 4) is 0 Å². The van der Waals surface area contributed by atoms with Gasteiger partial charge in [0.1, 0.15) is 10.7 Å². The molecule has 0 bridgehead atoms. The molecule has 0 atom stereocenters. The molecule has 0 spiro atoms. The third-order valence-electron chi connectivity index (χ3n) is 4.12. The smallest absolute Gasteiger partial charge is 0.287 e. The van der Waals surface area contributed by atoms with Crippen molar-refractivity contribution in [2.24, 2.45) is 16.5 Å². The second kappa shape index (κ2) is 4.89. The second-order valence-corrected chi connectivity index (χ2v) is 7.31. The van der Waals surface area contributed by atoms with Gasteiger partial charge in [-0.25, -0.2) is 13.6 Å². The molecule has 1 aromatic heterocycles. The number of nitrogens with one attached hydrogen (secondary N) is 1. The number of hydrogen-bond donors (Lipinski definition) is 2. The van der Waals surface area contributed by atoms with Gasteiger partial charge < -0.3 is 9.73 Å². The van der Waals surface area contributed by atoms with Gasteiger partial charge in [-0.1, -0.05) is 13.8 Å². The van der Waals surface area contributed by atoms with Crippen LogP contribution in [0.3, 0.4) is 0 Å². The van der Waals surface area contributed by atoms with Crippen molar-refractivity contribution in [1.82, 2.24) is 5.32 Å². The quantitative estimate of drug-likeness (QED) is 0.858. The highest BCUT2D eigenvalue weighted by Gasteiger charge is 2.45. The summed E-state index contributed by atoms with van der Waals surface area (Å²) in [5.74, 6) is 0.199. The van der Waals surface area contributed by atoms with E-state index in [1.54, 1.807) is 0 Å². The first kappa shape index (κ1) is 15.1. The summed E-state index contributed by atoms with van der Waals surface area (Å²) in [5, 5.41) is 7.85. The van der Waals surface area contributed by atoms with Crippen LogP contribution in [0.2, 0.25) is 0 Å². The van der Waals surface area contributed by atoms with Crippen molar-refractivity contribution >= 4 is 15.9 Å². The van der Waals surface area contributed by atoms with E-state index in [-0.39, 0.29) is 21.8 Å². The van der Waals surface area contributed by atoms with Gasteiger partial charge in [0, 0.05) is 12.6 Å². The van der Waals surface area contributed by atoms with Crippen LogP contribution in [-0.2, 0) is 10.0 Å². The highest BCUT2D eigenvalue weighted by atomic mass is 32.2. The minimum absolute atomic E-state index is 0.0221. The van der Waals surface area contributed by atoms with Crippen molar-refractivity contribution in [1.29, 1.82) is 0 Å². The lowest BCUT2D eigenvalue weighted by molar-refractivity contribution is 0.0910. The Kier molecular flexibility index (Phi) is 3.68. The summed E-state index contributed by atoms with van der Waals surface area (Å²) < 4.78 is 27.8. The van der Waals surface area contributed by atoms with Gasteiger partial charge in [0.05, 0.1) is 0 Å². The summed E-state index contributed by atoms with van der Waals surface area (Å²) >= 11 is 0. The van der Waals surface area contributed by atoms with E-state index in [0.717, 1.165) is 12.8 Å². The number of rotatable bonds is 5. The molecule has 6 nitrogen and oxygen atoms in total. The molecule has 1 aromatic rings. The molecule has 0 saturated heterocycles. The summed E-state index contributed by atoms with van der Waals surface area (Å²) in [6.45, 7) is 6.31. The third-order valence-corrected chi connectivity index (χ3v) is 5.14. The fourth-order valence-electron chi connectivity index (χ4n) is 2.32. The van der Waals surface area contributed by atoms with Crippen LogP contribution in [0.25, 0.3) is 0 Å². The molecule has 1 amide bonds. The lowest BCUT2D eigenvalue weighted by atomic mass is 9.92. The molecule has 1 heterocycles. The number of amides is 1. The summed E-state index contributed by atoms with van der Waals surface area (Å²) in [4.78, 5) is 11.8. The molecule has 0 radical (unpaired) electrons. The molecule has 7 heteroatoms. The van der Waals surface area contributed by atoms with Crippen LogP contribution in [0, 0.1) is 18.3 Å². The van der Waals surface area contributed by atoms with E-state index in [2.05, 4.69) is 19.2 Å². The van der Waals surface area contributed by atoms with Gasteiger partial charge >= 0.3 is 0 Å². The summed E-state index contributed by atoms with van der Waals surface area (Å²) in [6, 6.07) is 1.18. The molecule has 112 valence electrons.